The molecule has 0 unspecified atom stereocenters. The lowest BCUT2D eigenvalue weighted by atomic mass is 11.3. The van der Waals surface area contributed by atoms with E-state index in [0.29, 0.717) is 0 Å². The molecule has 0 saturated heterocycles. The minimum absolute atomic E-state index is 1.63. The fraction of sp³-hybridized carbons (Fsp3) is 0.714. The van der Waals surface area contributed by atoms with Gasteiger partial charge in [0.15, 0.2) is 8.32 Å². The van der Waals surface area contributed by atoms with Crippen LogP contribution in [0.1, 0.15) is 0 Å². The van der Waals surface area contributed by atoms with E-state index in [1.165, 1.54) is 0 Å². The Kier molecular flexibility index (Phi) is 3.70. The van der Waals surface area contributed by atoms with Crippen molar-refractivity contribution in [2.24, 2.45) is 0 Å². The van der Waals surface area contributed by atoms with Crippen molar-refractivity contribution in [1.29, 1.82) is 0 Å². The minimum Gasteiger partial charge on any atom is -0.433 e. The third-order valence-corrected chi connectivity index (χ3v) is 7.53. The summed E-state index contributed by atoms with van der Waals surface area (Å²) in [7, 11) is -1.77. The topological polar surface area (TPSA) is 18.5 Å². The highest BCUT2D eigenvalue weighted by atomic mass is 28.4. The van der Waals surface area contributed by atoms with Crippen LogP contribution in [0.4, 0.5) is 0 Å². The van der Waals surface area contributed by atoms with Gasteiger partial charge in [0.25, 0.3) is 0 Å². The van der Waals surface area contributed by atoms with Gasteiger partial charge in [-0.25, -0.2) is 0 Å². The van der Waals surface area contributed by atoms with Crippen molar-refractivity contribution < 1.29 is 8.54 Å². The van der Waals surface area contributed by atoms with E-state index < -0.39 is 16.9 Å². The molecular weight excluding hydrogens is 172 g/mol. The molecule has 0 aliphatic carbocycles. The molecule has 0 saturated carbocycles. The number of hydrogen-bond acceptors (Lipinski definition) is 2. The van der Waals surface area contributed by atoms with E-state index in [9.17, 15) is 0 Å². The second-order valence-corrected chi connectivity index (χ2v) is 11.2. The smallest absolute Gasteiger partial charge is 0.321 e. The lowest BCUT2D eigenvalue weighted by Crippen LogP contribution is -2.44. The highest BCUT2D eigenvalue weighted by Crippen LogP contribution is 2.14. The zero-order valence-corrected chi connectivity index (χ0v) is 10.1. The van der Waals surface area contributed by atoms with Crippen LogP contribution in [0.5, 0.6) is 0 Å². The van der Waals surface area contributed by atoms with E-state index in [4.69, 9.17) is 8.54 Å². The van der Waals surface area contributed by atoms with Gasteiger partial charge in [-0.1, -0.05) is 5.70 Å². The summed E-state index contributed by atoms with van der Waals surface area (Å²) in [5.74, 6) is 0. The summed E-state index contributed by atoms with van der Waals surface area (Å²) in [6, 6.07) is 0. The van der Waals surface area contributed by atoms with Crippen LogP contribution in [0.15, 0.2) is 12.3 Å². The van der Waals surface area contributed by atoms with Gasteiger partial charge in [-0.3, -0.25) is 0 Å². The summed E-state index contributed by atoms with van der Waals surface area (Å²) >= 11 is 0. The summed E-state index contributed by atoms with van der Waals surface area (Å²) in [5, 5.41) is 0. The molecule has 0 fully saturated rings. The second kappa shape index (κ2) is 3.66. The molecule has 0 rings (SSSR count). The molecule has 4 heteroatoms. The highest BCUT2D eigenvalue weighted by Gasteiger charge is 2.31. The van der Waals surface area contributed by atoms with Crippen molar-refractivity contribution in [2.45, 2.75) is 26.2 Å². The maximum atomic E-state index is 5.86. The van der Waals surface area contributed by atoms with Crippen LogP contribution in [0, 0.1) is 0 Å². The fourth-order valence-electron chi connectivity index (χ4n) is 0.717. The third kappa shape index (κ3) is 4.52. The Balaban J connectivity index is 4.12. The van der Waals surface area contributed by atoms with Crippen molar-refractivity contribution in [3.63, 3.8) is 0 Å². The van der Waals surface area contributed by atoms with E-state index in [2.05, 4.69) is 19.7 Å². The minimum atomic E-state index is -1.84. The molecule has 0 aliphatic rings. The average Bonchev–Trinajstić information content (AvgIpc) is 1.86. The van der Waals surface area contributed by atoms with Crippen molar-refractivity contribution >= 4 is 16.9 Å². The molecule has 0 spiro atoms. The number of rotatable bonds is 4. The number of hydrogen-bond donors (Lipinski definition) is 0. The molecule has 0 aliphatic heterocycles. The van der Waals surface area contributed by atoms with Crippen LogP contribution in [0.3, 0.4) is 0 Å². The van der Waals surface area contributed by atoms with Gasteiger partial charge in [-0.2, -0.15) is 0 Å². The maximum Gasteiger partial charge on any atom is 0.321 e. The first-order chi connectivity index (χ1) is 4.83. The summed E-state index contributed by atoms with van der Waals surface area (Å²) in [4.78, 5) is 0. The van der Waals surface area contributed by atoms with Gasteiger partial charge in [0, 0.05) is 7.11 Å². The van der Waals surface area contributed by atoms with Gasteiger partial charge in [-0.15, -0.1) is 6.58 Å². The van der Waals surface area contributed by atoms with Crippen molar-refractivity contribution in [3.8, 4) is 0 Å². The lowest BCUT2D eigenvalue weighted by Gasteiger charge is -2.29. The van der Waals surface area contributed by atoms with Crippen LogP contribution >= 0.6 is 0 Å². The van der Waals surface area contributed by atoms with Crippen molar-refractivity contribution in [1.82, 2.24) is 0 Å². The molecule has 0 atom stereocenters. The molecule has 0 aromatic carbocycles. The molecule has 0 bridgehead atoms. The second-order valence-electron chi connectivity index (χ2n) is 3.51. The molecule has 11 heavy (non-hydrogen) atoms. The largest absolute Gasteiger partial charge is 0.433 e. The van der Waals surface area contributed by atoms with Gasteiger partial charge in [0.1, 0.15) is 0 Å². The molecule has 0 radical (unpaired) electrons. The van der Waals surface area contributed by atoms with Gasteiger partial charge in [0.05, 0.1) is 0 Å². The standard InChI is InChI=1S/C7H18O2Si2/c1-7-10(3,4)9-11(5,6)8-2/h7H,1H2,2-6H3. The van der Waals surface area contributed by atoms with Gasteiger partial charge >= 0.3 is 8.56 Å². The van der Waals surface area contributed by atoms with Crippen LogP contribution in [0.25, 0.3) is 0 Å². The van der Waals surface area contributed by atoms with Crippen molar-refractivity contribution in [2.75, 3.05) is 7.11 Å². The van der Waals surface area contributed by atoms with E-state index in [0.717, 1.165) is 0 Å². The molecule has 0 heterocycles. The van der Waals surface area contributed by atoms with Crippen LogP contribution < -0.4 is 0 Å². The quantitative estimate of drug-likeness (QED) is 0.633. The lowest BCUT2D eigenvalue weighted by molar-refractivity contribution is 0.313. The van der Waals surface area contributed by atoms with Crippen molar-refractivity contribution in [3.05, 3.63) is 12.3 Å². The average molecular weight is 190 g/mol. The Labute approximate surface area is 71.6 Å². The molecule has 2 nitrogen and oxygen atoms in total. The van der Waals surface area contributed by atoms with E-state index in [-0.39, 0.29) is 0 Å². The monoisotopic (exact) mass is 190 g/mol. The molecule has 0 aromatic heterocycles. The first-order valence-corrected chi connectivity index (χ1v) is 9.52. The van der Waals surface area contributed by atoms with E-state index in [1.54, 1.807) is 7.11 Å². The Hall–Kier alpha value is 0.0938. The zero-order chi connectivity index (χ0) is 9.12. The molecule has 0 N–H and O–H groups in total. The van der Waals surface area contributed by atoms with Crippen LogP contribution in [0.2, 0.25) is 26.2 Å². The molecule has 66 valence electrons. The van der Waals surface area contributed by atoms with Gasteiger partial charge in [-0.05, 0) is 26.2 Å². The zero-order valence-electron chi connectivity index (χ0n) is 8.10. The molecular formula is C7H18O2Si2. The normalized spacial score (nSPS) is 13.2. The van der Waals surface area contributed by atoms with Gasteiger partial charge in [0.2, 0.25) is 0 Å². The summed E-state index contributed by atoms with van der Waals surface area (Å²) in [6.45, 7) is 12.1. The predicted molar refractivity (Wildman–Crippen MR) is 53.3 cm³/mol. The first kappa shape index (κ1) is 11.1. The fourth-order valence-corrected chi connectivity index (χ4v) is 6.45. The SMILES string of the molecule is C=C[Si](C)(C)O[Si](C)(C)OC. The Bertz CT molecular complexity index is 143. The Morgan fingerprint density at radius 2 is 1.64 bits per heavy atom. The summed E-state index contributed by atoms with van der Waals surface area (Å²) < 4.78 is 11.1. The summed E-state index contributed by atoms with van der Waals surface area (Å²) in [5.41, 5.74) is 1.93. The summed E-state index contributed by atoms with van der Waals surface area (Å²) in [6.07, 6.45) is 0. The molecule has 0 amide bonds. The first-order valence-electron chi connectivity index (χ1n) is 3.72. The van der Waals surface area contributed by atoms with Crippen LogP contribution in [-0.2, 0) is 8.54 Å². The van der Waals surface area contributed by atoms with Crippen LogP contribution in [-0.4, -0.2) is 24.0 Å². The predicted octanol–water partition coefficient (Wildman–Crippen LogP) is 2.28. The van der Waals surface area contributed by atoms with Gasteiger partial charge < -0.3 is 8.54 Å². The Morgan fingerprint density at radius 1 is 1.18 bits per heavy atom. The maximum absolute atomic E-state index is 5.86. The van der Waals surface area contributed by atoms with E-state index in [1.807, 2.05) is 18.8 Å². The molecule has 0 aromatic rings. The highest BCUT2D eigenvalue weighted by molar-refractivity contribution is 6.85. The van der Waals surface area contributed by atoms with E-state index >= 15 is 0 Å². The Morgan fingerprint density at radius 3 is 1.91 bits per heavy atom. The third-order valence-electron chi connectivity index (χ3n) is 1.49.